The van der Waals surface area contributed by atoms with Gasteiger partial charge in [0.25, 0.3) is 11.5 Å². The van der Waals surface area contributed by atoms with Crippen LogP contribution in [-0.4, -0.2) is 68.2 Å². The first-order chi connectivity index (χ1) is 14.9. The first kappa shape index (κ1) is 23.8. The lowest BCUT2D eigenvalue weighted by molar-refractivity contribution is -0.126. The van der Waals surface area contributed by atoms with E-state index in [0.717, 1.165) is 30.4 Å². The summed E-state index contributed by atoms with van der Waals surface area (Å²) in [5, 5.41) is 21.0. The normalized spacial score (nSPS) is 16.5. The molecule has 11 heteroatoms. The van der Waals surface area contributed by atoms with Gasteiger partial charge in [-0.1, -0.05) is 13.8 Å². The lowest BCUT2D eigenvalue weighted by atomic mass is 10.2. The summed E-state index contributed by atoms with van der Waals surface area (Å²) in [6.45, 7) is 7.09. The number of carbonyl (C=O) groups excluding carboxylic acids is 2. The van der Waals surface area contributed by atoms with E-state index in [1.807, 2.05) is 13.8 Å². The molecular weight excluding hydrogens is 436 g/mol. The SMILES string of the molecule is CC(C)Cn1c(O)c(C(=O)NC2CC2)c(=O)n2ncc(C=CC(=O)N3CCNCC3)c12.Cl. The highest BCUT2D eigenvalue weighted by Gasteiger charge is 2.29. The van der Waals surface area contributed by atoms with Crippen LogP contribution in [0.25, 0.3) is 11.7 Å². The minimum atomic E-state index is -0.682. The third-order valence-corrected chi connectivity index (χ3v) is 5.43. The molecule has 0 aromatic carbocycles. The van der Waals surface area contributed by atoms with E-state index in [1.165, 1.54) is 16.8 Å². The zero-order valence-corrected chi connectivity index (χ0v) is 19.0. The predicted octanol–water partition coefficient (Wildman–Crippen LogP) is 0.617. The Labute approximate surface area is 191 Å². The van der Waals surface area contributed by atoms with Crippen molar-refractivity contribution >= 4 is 35.9 Å². The topological polar surface area (TPSA) is 121 Å². The van der Waals surface area contributed by atoms with Crippen LogP contribution in [0.3, 0.4) is 0 Å². The number of hydrogen-bond acceptors (Lipinski definition) is 6. The van der Waals surface area contributed by atoms with Crippen molar-refractivity contribution in [3.8, 4) is 5.88 Å². The lowest BCUT2D eigenvalue weighted by Gasteiger charge is -2.26. The van der Waals surface area contributed by atoms with Gasteiger partial charge in [-0.05, 0) is 24.8 Å². The van der Waals surface area contributed by atoms with Crippen LogP contribution >= 0.6 is 12.4 Å². The lowest BCUT2D eigenvalue weighted by Crippen LogP contribution is -2.45. The molecule has 0 atom stereocenters. The molecular formula is C21H29ClN6O4. The Hall–Kier alpha value is -2.85. The van der Waals surface area contributed by atoms with E-state index >= 15 is 0 Å². The van der Waals surface area contributed by atoms with E-state index in [1.54, 1.807) is 11.0 Å². The number of rotatable bonds is 6. The van der Waals surface area contributed by atoms with E-state index in [2.05, 4.69) is 15.7 Å². The Kier molecular flexibility index (Phi) is 7.25. The van der Waals surface area contributed by atoms with Gasteiger partial charge in [-0.2, -0.15) is 9.61 Å². The average Bonchev–Trinajstić information content (AvgIpc) is 3.45. The Morgan fingerprint density at radius 1 is 1.31 bits per heavy atom. The van der Waals surface area contributed by atoms with E-state index in [-0.39, 0.29) is 41.7 Å². The molecule has 1 aliphatic carbocycles. The molecule has 3 N–H and O–H groups in total. The molecule has 2 aromatic heterocycles. The van der Waals surface area contributed by atoms with E-state index in [9.17, 15) is 19.5 Å². The number of amides is 2. The van der Waals surface area contributed by atoms with Crippen molar-refractivity contribution in [3.63, 3.8) is 0 Å². The molecule has 10 nitrogen and oxygen atoms in total. The van der Waals surface area contributed by atoms with Crippen molar-refractivity contribution in [2.24, 2.45) is 5.92 Å². The Balaban J connectivity index is 0.00000289. The van der Waals surface area contributed by atoms with E-state index in [0.29, 0.717) is 30.8 Å². The number of nitrogens with zero attached hydrogens (tertiary/aromatic N) is 4. The molecule has 1 saturated heterocycles. The largest absolute Gasteiger partial charge is 0.494 e. The number of aromatic hydroxyl groups is 1. The number of nitrogens with one attached hydrogen (secondary N) is 2. The third-order valence-electron chi connectivity index (χ3n) is 5.43. The fourth-order valence-electron chi connectivity index (χ4n) is 3.70. The molecule has 0 radical (unpaired) electrons. The zero-order valence-electron chi connectivity index (χ0n) is 18.2. The zero-order chi connectivity index (χ0) is 22.1. The molecule has 0 spiro atoms. The van der Waals surface area contributed by atoms with Gasteiger partial charge in [0.15, 0.2) is 5.56 Å². The number of piperazine rings is 1. The third kappa shape index (κ3) is 4.81. The first-order valence-corrected chi connectivity index (χ1v) is 10.7. The summed E-state index contributed by atoms with van der Waals surface area (Å²) in [7, 11) is 0. The molecule has 1 saturated carbocycles. The van der Waals surface area contributed by atoms with Crippen LogP contribution in [0.2, 0.25) is 0 Å². The summed E-state index contributed by atoms with van der Waals surface area (Å²) in [6, 6.07) is 0.0488. The van der Waals surface area contributed by atoms with Crippen LogP contribution in [0.15, 0.2) is 17.1 Å². The molecule has 1 aliphatic heterocycles. The maximum absolute atomic E-state index is 13.0. The van der Waals surface area contributed by atoms with Crippen LogP contribution in [0.4, 0.5) is 0 Å². The molecule has 2 aliphatic rings. The minimum Gasteiger partial charge on any atom is -0.494 e. The molecule has 32 heavy (non-hydrogen) atoms. The standard InChI is InChI=1S/C21H28N6O4.ClH/c1-13(2)12-26-19-14(3-6-16(28)25-9-7-22-8-10-25)11-23-27(19)21(31)17(20(26)30)18(29)24-15-4-5-15;/h3,6,11,13,15,22,30H,4-5,7-10,12H2,1-2H3,(H,24,29);1H. The van der Waals surface area contributed by atoms with Gasteiger partial charge in [-0.25, -0.2) is 0 Å². The van der Waals surface area contributed by atoms with Gasteiger partial charge in [0.2, 0.25) is 11.8 Å². The number of aromatic nitrogens is 3. The fraction of sp³-hybridized carbons (Fsp3) is 0.524. The minimum absolute atomic E-state index is 0. The molecule has 174 valence electrons. The van der Waals surface area contributed by atoms with Crippen LogP contribution in [0, 0.1) is 5.92 Å². The van der Waals surface area contributed by atoms with Crippen molar-refractivity contribution in [3.05, 3.63) is 33.8 Å². The summed E-state index contributed by atoms with van der Waals surface area (Å²) < 4.78 is 2.65. The summed E-state index contributed by atoms with van der Waals surface area (Å²) >= 11 is 0. The second-order valence-electron chi connectivity index (χ2n) is 8.50. The van der Waals surface area contributed by atoms with Crippen molar-refractivity contribution in [2.75, 3.05) is 26.2 Å². The highest BCUT2D eigenvalue weighted by Crippen LogP contribution is 2.24. The van der Waals surface area contributed by atoms with Gasteiger partial charge in [0.1, 0.15) is 5.65 Å². The van der Waals surface area contributed by atoms with Gasteiger partial charge in [-0.15, -0.1) is 12.4 Å². The van der Waals surface area contributed by atoms with Crippen LogP contribution in [-0.2, 0) is 11.3 Å². The van der Waals surface area contributed by atoms with Crippen LogP contribution in [0.5, 0.6) is 5.88 Å². The Morgan fingerprint density at radius 3 is 2.62 bits per heavy atom. The smallest absolute Gasteiger partial charge is 0.291 e. The molecule has 2 amide bonds. The Morgan fingerprint density at radius 2 is 2.00 bits per heavy atom. The van der Waals surface area contributed by atoms with Gasteiger partial charge in [-0.3, -0.25) is 19.0 Å². The quantitative estimate of drug-likeness (QED) is 0.539. The number of fused-ring (bicyclic) bond motifs is 1. The highest BCUT2D eigenvalue weighted by molar-refractivity contribution is 5.97. The molecule has 2 fully saturated rings. The number of hydrogen-bond donors (Lipinski definition) is 3. The van der Waals surface area contributed by atoms with Crippen LogP contribution < -0.4 is 16.2 Å². The first-order valence-electron chi connectivity index (χ1n) is 10.7. The van der Waals surface area contributed by atoms with E-state index < -0.39 is 11.5 Å². The molecule has 0 bridgehead atoms. The molecule has 2 aromatic rings. The second-order valence-corrected chi connectivity index (χ2v) is 8.50. The summed E-state index contributed by atoms with van der Waals surface area (Å²) in [5.74, 6) is -0.965. The van der Waals surface area contributed by atoms with Crippen molar-refractivity contribution in [1.82, 2.24) is 29.7 Å². The van der Waals surface area contributed by atoms with Crippen molar-refractivity contribution < 1.29 is 14.7 Å². The molecule has 4 rings (SSSR count). The second kappa shape index (κ2) is 9.74. The average molecular weight is 465 g/mol. The summed E-state index contributed by atoms with van der Waals surface area (Å²) in [6.07, 6.45) is 6.26. The highest BCUT2D eigenvalue weighted by atomic mass is 35.5. The van der Waals surface area contributed by atoms with Gasteiger partial charge < -0.3 is 20.6 Å². The van der Waals surface area contributed by atoms with E-state index in [4.69, 9.17) is 0 Å². The molecule has 0 unspecified atom stereocenters. The summed E-state index contributed by atoms with van der Waals surface area (Å²) in [4.78, 5) is 39.8. The number of carbonyl (C=O) groups is 2. The van der Waals surface area contributed by atoms with Gasteiger partial charge in [0, 0.05) is 50.4 Å². The maximum Gasteiger partial charge on any atom is 0.291 e. The van der Waals surface area contributed by atoms with Gasteiger partial charge >= 0.3 is 0 Å². The molecule has 3 heterocycles. The van der Waals surface area contributed by atoms with Crippen LogP contribution in [0.1, 0.15) is 42.6 Å². The Bertz CT molecular complexity index is 1100. The maximum atomic E-state index is 13.0. The fourth-order valence-corrected chi connectivity index (χ4v) is 3.70. The van der Waals surface area contributed by atoms with Crippen molar-refractivity contribution in [1.29, 1.82) is 0 Å². The monoisotopic (exact) mass is 464 g/mol. The van der Waals surface area contributed by atoms with Crippen molar-refractivity contribution in [2.45, 2.75) is 39.3 Å². The van der Waals surface area contributed by atoms with Gasteiger partial charge in [0.05, 0.1) is 6.20 Å². The summed E-state index contributed by atoms with van der Waals surface area (Å²) in [5.41, 5.74) is -0.122. The number of halogens is 1. The predicted molar refractivity (Wildman–Crippen MR) is 122 cm³/mol.